The van der Waals surface area contributed by atoms with Crippen molar-refractivity contribution in [2.24, 2.45) is 0 Å². The fourth-order valence-electron chi connectivity index (χ4n) is 3.45. The van der Waals surface area contributed by atoms with E-state index in [0.29, 0.717) is 13.2 Å². The molecule has 1 aliphatic rings. The first-order valence-corrected chi connectivity index (χ1v) is 10.2. The summed E-state index contributed by atoms with van der Waals surface area (Å²) in [6.45, 7) is 7.71. The molecule has 1 atom stereocenters. The topological polar surface area (TPSA) is 54.0 Å². The van der Waals surface area contributed by atoms with Crippen molar-refractivity contribution >= 4 is 5.91 Å². The number of carbonyl (C=O) groups is 1. The molecule has 1 fully saturated rings. The van der Waals surface area contributed by atoms with E-state index in [1.807, 2.05) is 61.5 Å². The van der Waals surface area contributed by atoms with Crippen LogP contribution < -0.4 is 14.8 Å². The van der Waals surface area contributed by atoms with Crippen molar-refractivity contribution in [1.82, 2.24) is 15.1 Å². The first kappa shape index (κ1) is 21.1. The zero-order valence-corrected chi connectivity index (χ0v) is 17.3. The van der Waals surface area contributed by atoms with Crippen LogP contribution in [0.1, 0.15) is 18.5 Å². The lowest BCUT2D eigenvalue weighted by atomic mass is 10.1. The Hall–Kier alpha value is -2.57. The molecule has 29 heavy (non-hydrogen) atoms. The lowest BCUT2D eigenvalue weighted by Gasteiger charge is -2.34. The predicted molar refractivity (Wildman–Crippen MR) is 114 cm³/mol. The van der Waals surface area contributed by atoms with Crippen LogP contribution in [0.25, 0.3) is 0 Å². The highest BCUT2D eigenvalue weighted by Gasteiger charge is 2.19. The van der Waals surface area contributed by atoms with Crippen LogP contribution in [0.5, 0.6) is 11.5 Å². The molecule has 6 nitrogen and oxygen atoms in total. The summed E-state index contributed by atoms with van der Waals surface area (Å²) in [4.78, 5) is 17.0. The number of ether oxygens (including phenoxy) is 2. The zero-order valence-electron chi connectivity index (χ0n) is 17.3. The van der Waals surface area contributed by atoms with Gasteiger partial charge in [-0.15, -0.1) is 0 Å². The van der Waals surface area contributed by atoms with Gasteiger partial charge in [0.1, 0.15) is 18.1 Å². The second-order valence-electron chi connectivity index (χ2n) is 7.34. The molecule has 1 N–H and O–H groups in total. The average molecular weight is 398 g/mol. The molecule has 156 valence electrons. The standard InChI is InChI=1S/C23H31N3O3/c1-19(20-6-4-3-5-7-20)24-23(27)18-26-14-12-25(13-15-26)16-17-29-22-10-8-21(28-2)9-11-22/h3-11,19H,12-18H2,1-2H3,(H,24,27)/t19-/m1/s1. The van der Waals surface area contributed by atoms with Crippen LogP contribution in [0, 0.1) is 0 Å². The van der Waals surface area contributed by atoms with Gasteiger partial charge in [0.15, 0.2) is 0 Å². The number of nitrogens with one attached hydrogen (secondary N) is 1. The second-order valence-corrected chi connectivity index (χ2v) is 7.34. The predicted octanol–water partition coefficient (Wildman–Crippen LogP) is 2.57. The summed E-state index contributed by atoms with van der Waals surface area (Å²) in [5.74, 6) is 1.77. The molecule has 1 heterocycles. The summed E-state index contributed by atoms with van der Waals surface area (Å²) in [6, 6.07) is 17.7. The fraction of sp³-hybridized carbons (Fsp3) is 0.435. The summed E-state index contributed by atoms with van der Waals surface area (Å²) in [5, 5.41) is 3.09. The minimum absolute atomic E-state index is 0.0279. The van der Waals surface area contributed by atoms with Crippen LogP contribution in [-0.2, 0) is 4.79 Å². The number of benzene rings is 2. The Kier molecular flexibility index (Phi) is 7.90. The van der Waals surface area contributed by atoms with Gasteiger partial charge in [0, 0.05) is 32.7 Å². The third-order valence-corrected chi connectivity index (χ3v) is 5.24. The van der Waals surface area contributed by atoms with Gasteiger partial charge in [-0.25, -0.2) is 0 Å². The van der Waals surface area contributed by atoms with Crippen LogP contribution in [0.15, 0.2) is 54.6 Å². The van der Waals surface area contributed by atoms with E-state index >= 15 is 0 Å². The van der Waals surface area contributed by atoms with Crippen LogP contribution in [0.4, 0.5) is 0 Å². The van der Waals surface area contributed by atoms with E-state index in [-0.39, 0.29) is 11.9 Å². The van der Waals surface area contributed by atoms with Crippen molar-refractivity contribution in [3.05, 3.63) is 60.2 Å². The Morgan fingerprint density at radius 1 is 0.966 bits per heavy atom. The zero-order chi connectivity index (χ0) is 20.5. The molecule has 0 bridgehead atoms. The molecule has 2 aromatic carbocycles. The number of methoxy groups -OCH3 is 1. The van der Waals surface area contributed by atoms with E-state index in [9.17, 15) is 4.79 Å². The summed E-state index contributed by atoms with van der Waals surface area (Å²) in [6.07, 6.45) is 0. The van der Waals surface area contributed by atoms with Crippen molar-refractivity contribution in [2.75, 3.05) is 53.0 Å². The first-order valence-electron chi connectivity index (χ1n) is 10.2. The minimum atomic E-state index is 0.0279. The quantitative estimate of drug-likeness (QED) is 0.705. The maximum absolute atomic E-state index is 12.4. The van der Waals surface area contributed by atoms with E-state index < -0.39 is 0 Å². The number of carbonyl (C=O) groups excluding carboxylic acids is 1. The highest BCUT2D eigenvalue weighted by molar-refractivity contribution is 5.78. The van der Waals surface area contributed by atoms with Crippen molar-refractivity contribution in [3.63, 3.8) is 0 Å². The van der Waals surface area contributed by atoms with Gasteiger partial charge < -0.3 is 14.8 Å². The Morgan fingerprint density at radius 2 is 1.59 bits per heavy atom. The van der Waals surface area contributed by atoms with Gasteiger partial charge in [-0.2, -0.15) is 0 Å². The molecule has 6 heteroatoms. The Bertz CT molecular complexity index is 744. The lowest BCUT2D eigenvalue weighted by molar-refractivity contribution is -0.123. The molecule has 0 spiro atoms. The van der Waals surface area contributed by atoms with E-state index in [4.69, 9.17) is 9.47 Å². The molecule has 1 amide bonds. The van der Waals surface area contributed by atoms with Crippen LogP contribution in [0.2, 0.25) is 0 Å². The van der Waals surface area contributed by atoms with Gasteiger partial charge in [0.25, 0.3) is 0 Å². The maximum Gasteiger partial charge on any atom is 0.234 e. The number of rotatable bonds is 9. The number of hydrogen-bond acceptors (Lipinski definition) is 5. The fourth-order valence-corrected chi connectivity index (χ4v) is 3.45. The smallest absolute Gasteiger partial charge is 0.234 e. The largest absolute Gasteiger partial charge is 0.497 e. The molecule has 0 saturated carbocycles. The van der Waals surface area contributed by atoms with Gasteiger partial charge in [0.05, 0.1) is 19.7 Å². The highest BCUT2D eigenvalue weighted by Crippen LogP contribution is 2.17. The van der Waals surface area contributed by atoms with Gasteiger partial charge in [0.2, 0.25) is 5.91 Å². The Morgan fingerprint density at radius 3 is 2.24 bits per heavy atom. The Balaban J connectivity index is 1.32. The first-order chi connectivity index (χ1) is 14.1. The van der Waals surface area contributed by atoms with E-state index in [2.05, 4.69) is 15.1 Å². The summed E-state index contributed by atoms with van der Waals surface area (Å²) in [5.41, 5.74) is 1.13. The highest BCUT2D eigenvalue weighted by atomic mass is 16.5. The van der Waals surface area contributed by atoms with Crippen molar-refractivity contribution < 1.29 is 14.3 Å². The van der Waals surface area contributed by atoms with Crippen LogP contribution in [0.3, 0.4) is 0 Å². The normalized spacial score (nSPS) is 16.2. The molecule has 0 aromatic heterocycles. The average Bonchev–Trinajstić information content (AvgIpc) is 2.76. The maximum atomic E-state index is 12.4. The van der Waals surface area contributed by atoms with Gasteiger partial charge in [-0.1, -0.05) is 30.3 Å². The molecule has 3 rings (SSSR count). The van der Waals surface area contributed by atoms with Gasteiger partial charge in [-0.05, 0) is 36.8 Å². The minimum Gasteiger partial charge on any atom is -0.497 e. The van der Waals surface area contributed by atoms with E-state index in [0.717, 1.165) is 49.8 Å². The van der Waals surface area contributed by atoms with E-state index in [1.165, 1.54) is 0 Å². The SMILES string of the molecule is COc1ccc(OCCN2CCN(CC(=O)N[C@H](C)c3ccccc3)CC2)cc1. The third-order valence-electron chi connectivity index (χ3n) is 5.24. The van der Waals surface area contributed by atoms with E-state index in [1.54, 1.807) is 7.11 Å². The molecule has 0 unspecified atom stereocenters. The number of piperazine rings is 1. The molecule has 0 aliphatic carbocycles. The third kappa shape index (κ3) is 6.76. The summed E-state index contributed by atoms with van der Waals surface area (Å²) >= 11 is 0. The molecular weight excluding hydrogens is 366 g/mol. The summed E-state index contributed by atoms with van der Waals surface area (Å²) in [7, 11) is 1.66. The van der Waals surface area contributed by atoms with Crippen LogP contribution >= 0.6 is 0 Å². The molecule has 0 radical (unpaired) electrons. The molecular formula is C23H31N3O3. The van der Waals surface area contributed by atoms with Crippen LogP contribution in [-0.4, -0.2) is 68.7 Å². The molecule has 1 aliphatic heterocycles. The monoisotopic (exact) mass is 397 g/mol. The molecule has 2 aromatic rings. The summed E-state index contributed by atoms with van der Waals surface area (Å²) < 4.78 is 11.0. The Labute approximate surface area is 173 Å². The van der Waals surface area contributed by atoms with Crippen molar-refractivity contribution in [2.45, 2.75) is 13.0 Å². The molecule has 1 saturated heterocycles. The van der Waals surface area contributed by atoms with Crippen molar-refractivity contribution in [1.29, 1.82) is 0 Å². The lowest BCUT2D eigenvalue weighted by Crippen LogP contribution is -2.50. The van der Waals surface area contributed by atoms with Gasteiger partial charge >= 0.3 is 0 Å². The number of amides is 1. The second kappa shape index (κ2) is 10.8. The number of nitrogens with zero attached hydrogens (tertiary/aromatic N) is 2. The number of hydrogen-bond donors (Lipinski definition) is 1. The van der Waals surface area contributed by atoms with Crippen molar-refractivity contribution in [3.8, 4) is 11.5 Å². The van der Waals surface area contributed by atoms with Gasteiger partial charge in [-0.3, -0.25) is 14.6 Å².